The second-order valence-electron chi connectivity index (χ2n) is 6.51. The standard InChI is InChI=1S/C22H21BrN2O6/c1-4-30-18-11-14(17(23)12-19(18)31-13(2)22(28)29-3)10-16-20(26)24-25(21(16)27)15-8-6-5-7-9-15/h5-13H,4H2,1-3H3,(H,24,26)/b16-10-/t13-/m1/s1. The number of hydrogen-bond acceptors (Lipinski definition) is 6. The summed E-state index contributed by atoms with van der Waals surface area (Å²) in [7, 11) is 1.28. The maximum absolute atomic E-state index is 12.8. The lowest BCUT2D eigenvalue weighted by atomic mass is 10.1. The zero-order chi connectivity index (χ0) is 22.5. The van der Waals surface area contributed by atoms with Crippen LogP contribution in [0, 0.1) is 0 Å². The Labute approximate surface area is 187 Å². The number of rotatable bonds is 7. The van der Waals surface area contributed by atoms with E-state index in [4.69, 9.17) is 9.47 Å². The molecule has 2 aromatic carbocycles. The monoisotopic (exact) mass is 488 g/mol. The van der Waals surface area contributed by atoms with Crippen molar-refractivity contribution in [1.82, 2.24) is 5.43 Å². The molecule has 0 spiro atoms. The fourth-order valence-electron chi connectivity index (χ4n) is 2.90. The lowest BCUT2D eigenvalue weighted by Crippen LogP contribution is -2.35. The molecule has 3 rings (SSSR count). The van der Waals surface area contributed by atoms with Gasteiger partial charge in [-0.25, -0.2) is 9.80 Å². The summed E-state index contributed by atoms with van der Waals surface area (Å²) >= 11 is 3.43. The normalized spacial score (nSPS) is 15.6. The van der Waals surface area contributed by atoms with Crippen molar-refractivity contribution in [2.75, 3.05) is 18.7 Å². The van der Waals surface area contributed by atoms with E-state index < -0.39 is 23.9 Å². The molecular formula is C22H21BrN2O6. The van der Waals surface area contributed by atoms with E-state index >= 15 is 0 Å². The Kier molecular flexibility index (Phi) is 6.96. The van der Waals surface area contributed by atoms with Crippen LogP contribution < -0.4 is 19.9 Å². The number of nitrogens with zero attached hydrogens (tertiary/aromatic N) is 1. The van der Waals surface area contributed by atoms with Crippen LogP contribution in [-0.2, 0) is 19.1 Å². The van der Waals surface area contributed by atoms with E-state index in [2.05, 4.69) is 26.1 Å². The van der Waals surface area contributed by atoms with Gasteiger partial charge in [-0.2, -0.15) is 0 Å². The highest BCUT2D eigenvalue weighted by Gasteiger charge is 2.34. The molecule has 1 N–H and O–H groups in total. The van der Waals surface area contributed by atoms with Gasteiger partial charge in [0.2, 0.25) is 0 Å². The van der Waals surface area contributed by atoms with E-state index in [0.29, 0.717) is 33.8 Å². The Bertz CT molecular complexity index is 1040. The molecule has 1 fully saturated rings. The van der Waals surface area contributed by atoms with E-state index in [-0.39, 0.29) is 5.57 Å². The molecule has 0 unspecified atom stereocenters. The van der Waals surface area contributed by atoms with Gasteiger partial charge in [-0.05, 0) is 49.8 Å². The number of anilines is 1. The van der Waals surface area contributed by atoms with Crippen molar-refractivity contribution in [2.45, 2.75) is 20.0 Å². The van der Waals surface area contributed by atoms with E-state index in [1.807, 2.05) is 6.07 Å². The summed E-state index contributed by atoms with van der Waals surface area (Å²) in [6.45, 7) is 3.71. The van der Waals surface area contributed by atoms with Gasteiger partial charge in [0, 0.05) is 4.47 Å². The molecular weight excluding hydrogens is 468 g/mol. The molecule has 0 saturated carbocycles. The molecule has 0 aliphatic carbocycles. The Morgan fingerprint density at radius 1 is 1.19 bits per heavy atom. The number of carbonyl (C=O) groups is 3. The maximum Gasteiger partial charge on any atom is 0.346 e. The highest BCUT2D eigenvalue weighted by molar-refractivity contribution is 9.10. The van der Waals surface area contributed by atoms with Crippen molar-refractivity contribution in [3.8, 4) is 11.5 Å². The molecule has 1 aliphatic heterocycles. The summed E-state index contributed by atoms with van der Waals surface area (Å²) in [6, 6.07) is 12.1. The Morgan fingerprint density at radius 3 is 2.55 bits per heavy atom. The number of para-hydroxylation sites is 1. The van der Waals surface area contributed by atoms with Gasteiger partial charge < -0.3 is 14.2 Å². The summed E-state index contributed by atoms with van der Waals surface area (Å²) in [5, 5.41) is 1.20. The maximum atomic E-state index is 12.8. The first-order valence-electron chi connectivity index (χ1n) is 9.48. The highest BCUT2D eigenvalue weighted by Crippen LogP contribution is 2.36. The van der Waals surface area contributed by atoms with E-state index in [1.165, 1.54) is 18.2 Å². The van der Waals surface area contributed by atoms with Crippen LogP contribution in [0.25, 0.3) is 6.08 Å². The second kappa shape index (κ2) is 9.65. The lowest BCUT2D eigenvalue weighted by Gasteiger charge is -2.17. The average molecular weight is 489 g/mol. The molecule has 2 aromatic rings. The summed E-state index contributed by atoms with van der Waals surface area (Å²) in [4.78, 5) is 37.0. The van der Waals surface area contributed by atoms with Crippen molar-refractivity contribution in [3.05, 3.63) is 58.1 Å². The topological polar surface area (TPSA) is 94.2 Å². The van der Waals surface area contributed by atoms with Gasteiger partial charge in [0.05, 0.1) is 19.4 Å². The molecule has 1 saturated heterocycles. The van der Waals surface area contributed by atoms with Crippen LogP contribution >= 0.6 is 15.9 Å². The van der Waals surface area contributed by atoms with Crippen LogP contribution in [0.5, 0.6) is 11.5 Å². The number of hydrogen-bond donors (Lipinski definition) is 1. The summed E-state index contributed by atoms with van der Waals surface area (Å²) < 4.78 is 16.5. The smallest absolute Gasteiger partial charge is 0.346 e. The number of halogens is 1. The molecule has 0 aromatic heterocycles. The molecule has 162 valence electrons. The number of carbonyl (C=O) groups excluding carboxylic acids is 3. The van der Waals surface area contributed by atoms with Crippen molar-refractivity contribution >= 4 is 45.5 Å². The second-order valence-corrected chi connectivity index (χ2v) is 7.37. The number of ether oxygens (including phenoxy) is 3. The minimum Gasteiger partial charge on any atom is -0.490 e. The van der Waals surface area contributed by atoms with Crippen LogP contribution in [0.2, 0.25) is 0 Å². The molecule has 1 atom stereocenters. The first kappa shape index (κ1) is 22.4. The average Bonchev–Trinajstić information content (AvgIpc) is 3.05. The largest absolute Gasteiger partial charge is 0.490 e. The summed E-state index contributed by atoms with van der Waals surface area (Å²) in [5.41, 5.74) is 3.63. The third-order valence-electron chi connectivity index (χ3n) is 4.41. The predicted octanol–water partition coefficient (Wildman–Crippen LogP) is 3.25. The van der Waals surface area contributed by atoms with Crippen molar-refractivity contribution in [3.63, 3.8) is 0 Å². The fourth-order valence-corrected chi connectivity index (χ4v) is 3.34. The minimum absolute atomic E-state index is 0.0244. The van der Waals surface area contributed by atoms with Gasteiger partial charge >= 0.3 is 5.97 Å². The first-order chi connectivity index (χ1) is 14.8. The van der Waals surface area contributed by atoms with Gasteiger partial charge in [-0.3, -0.25) is 15.0 Å². The van der Waals surface area contributed by atoms with Crippen molar-refractivity contribution < 1.29 is 28.6 Å². The van der Waals surface area contributed by atoms with Crippen LogP contribution in [0.4, 0.5) is 5.69 Å². The minimum atomic E-state index is -0.845. The lowest BCUT2D eigenvalue weighted by molar-refractivity contribution is -0.148. The van der Waals surface area contributed by atoms with Crippen LogP contribution in [0.3, 0.4) is 0 Å². The molecule has 1 aliphatic rings. The fraction of sp³-hybridized carbons (Fsp3) is 0.227. The van der Waals surface area contributed by atoms with E-state index in [9.17, 15) is 14.4 Å². The Hall–Kier alpha value is -3.33. The molecule has 31 heavy (non-hydrogen) atoms. The molecule has 9 heteroatoms. The molecule has 1 heterocycles. The predicted molar refractivity (Wildman–Crippen MR) is 117 cm³/mol. The SMILES string of the molecule is CCOc1cc(/C=C2/C(=O)NN(c3ccccc3)C2=O)c(Br)cc1O[C@H](C)C(=O)OC. The van der Waals surface area contributed by atoms with Gasteiger partial charge in [0.25, 0.3) is 11.8 Å². The number of methoxy groups -OCH3 is 1. The van der Waals surface area contributed by atoms with Crippen molar-refractivity contribution in [1.29, 1.82) is 0 Å². The molecule has 2 amide bonds. The Morgan fingerprint density at radius 2 is 1.90 bits per heavy atom. The summed E-state index contributed by atoms with van der Waals surface area (Å²) in [5.74, 6) is -0.834. The number of amides is 2. The highest BCUT2D eigenvalue weighted by atomic mass is 79.9. The van der Waals surface area contributed by atoms with Gasteiger partial charge in [0.15, 0.2) is 17.6 Å². The third-order valence-corrected chi connectivity index (χ3v) is 5.09. The first-order valence-corrected chi connectivity index (χ1v) is 10.3. The van der Waals surface area contributed by atoms with Gasteiger partial charge in [-0.15, -0.1) is 0 Å². The van der Waals surface area contributed by atoms with Crippen LogP contribution in [-0.4, -0.2) is 37.6 Å². The third kappa shape index (κ3) is 4.88. The van der Waals surface area contributed by atoms with Gasteiger partial charge in [-0.1, -0.05) is 34.1 Å². The van der Waals surface area contributed by atoms with Crippen molar-refractivity contribution in [2.24, 2.45) is 0 Å². The molecule has 8 nitrogen and oxygen atoms in total. The zero-order valence-corrected chi connectivity index (χ0v) is 18.8. The van der Waals surface area contributed by atoms with Crippen LogP contribution in [0.15, 0.2) is 52.5 Å². The van der Waals surface area contributed by atoms with E-state index in [1.54, 1.807) is 50.2 Å². The van der Waals surface area contributed by atoms with E-state index in [0.717, 1.165) is 0 Å². The zero-order valence-electron chi connectivity index (χ0n) is 17.2. The molecule has 0 radical (unpaired) electrons. The molecule has 0 bridgehead atoms. The quantitative estimate of drug-likeness (QED) is 0.365. The number of nitrogens with one attached hydrogen (secondary N) is 1. The number of benzene rings is 2. The van der Waals surface area contributed by atoms with Crippen LogP contribution in [0.1, 0.15) is 19.4 Å². The van der Waals surface area contributed by atoms with Gasteiger partial charge in [0.1, 0.15) is 5.57 Å². The number of hydrazine groups is 1. The summed E-state index contributed by atoms with van der Waals surface area (Å²) in [6.07, 6.45) is 0.628. The Balaban J connectivity index is 1.94. The number of esters is 1.